The Bertz CT molecular complexity index is 213. The summed E-state index contributed by atoms with van der Waals surface area (Å²) in [6.45, 7) is -2.02. The van der Waals surface area contributed by atoms with Gasteiger partial charge in [-0.05, 0) is 0 Å². The molecule has 0 radical (unpaired) electrons. The number of hydrogen-bond donors (Lipinski definition) is 7. The summed E-state index contributed by atoms with van der Waals surface area (Å²) in [5, 5.41) is 54.3. The lowest BCUT2D eigenvalue weighted by molar-refractivity contribution is -0.314. The summed E-state index contributed by atoms with van der Waals surface area (Å²) in [6, 6.07) is 0. The highest BCUT2D eigenvalue weighted by Gasteiger charge is 2.30. The Morgan fingerprint density at radius 2 is 1.44 bits per heavy atom. The van der Waals surface area contributed by atoms with Gasteiger partial charge < -0.3 is 36.0 Å². The zero-order valence-corrected chi connectivity index (χ0v) is 8.63. The molecular formula is C8H17NO7. The molecule has 0 fully saturated rings. The fourth-order valence-corrected chi connectivity index (χ4v) is 0.908. The Morgan fingerprint density at radius 1 is 1.00 bits per heavy atom. The molecule has 0 rings (SSSR count). The molecule has 0 saturated heterocycles. The molecular weight excluding hydrogens is 222 g/mol. The largest absolute Gasteiger partial charge is 0.394 e. The molecule has 8 heteroatoms. The molecule has 0 aliphatic carbocycles. The molecule has 0 unspecified atom stereocenters. The van der Waals surface area contributed by atoms with Gasteiger partial charge in [-0.1, -0.05) is 0 Å². The molecule has 0 spiro atoms. The van der Waals surface area contributed by atoms with E-state index >= 15 is 0 Å². The molecule has 1 amide bonds. The summed E-state index contributed by atoms with van der Waals surface area (Å²) < 4.78 is 0. The Hall–Kier alpha value is -0.770. The van der Waals surface area contributed by atoms with Gasteiger partial charge in [-0.25, -0.2) is 0 Å². The van der Waals surface area contributed by atoms with E-state index in [-0.39, 0.29) is 0 Å². The van der Waals surface area contributed by atoms with Gasteiger partial charge in [0.05, 0.1) is 19.8 Å². The number of rotatable bonds is 7. The van der Waals surface area contributed by atoms with E-state index in [9.17, 15) is 4.79 Å². The fourth-order valence-electron chi connectivity index (χ4n) is 0.908. The highest BCUT2D eigenvalue weighted by Crippen LogP contribution is 2.07. The van der Waals surface area contributed by atoms with Crippen molar-refractivity contribution in [2.24, 2.45) is 0 Å². The van der Waals surface area contributed by atoms with E-state index in [1.807, 2.05) is 0 Å². The summed E-state index contributed by atoms with van der Waals surface area (Å²) in [7, 11) is 0. The quantitative estimate of drug-likeness (QED) is 0.225. The smallest absolute Gasteiger partial charge is 0.275 e. The molecule has 96 valence electrons. The number of aliphatic hydroxyl groups excluding tert-OH is 3. The second-order valence-electron chi connectivity index (χ2n) is 3.58. The normalized spacial score (nSPS) is 12.6. The van der Waals surface area contributed by atoms with Crippen LogP contribution < -0.4 is 5.32 Å². The number of amides is 1. The molecule has 0 aliphatic rings. The summed E-state index contributed by atoms with van der Waals surface area (Å²) in [5.74, 6) is -3.70. The summed E-state index contributed by atoms with van der Waals surface area (Å²) in [6.07, 6.45) is -1.07. The van der Waals surface area contributed by atoms with Gasteiger partial charge in [0.1, 0.15) is 5.54 Å². The Labute approximate surface area is 91.8 Å². The van der Waals surface area contributed by atoms with E-state index in [0.717, 1.165) is 0 Å². The van der Waals surface area contributed by atoms with Crippen molar-refractivity contribution in [1.29, 1.82) is 0 Å². The van der Waals surface area contributed by atoms with Crippen LogP contribution in [0.2, 0.25) is 0 Å². The second kappa shape index (κ2) is 6.09. The van der Waals surface area contributed by atoms with Crippen LogP contribution in [0.4, 0.5) is 0 Å². The molecule has 16 heavy (non-hydrogen) atoms. The van der Waals surface area contributed by atoms with Crippen LogP contribution in [0.15, 0.2) is 0 Å². The predicted molar refractivity (Wildman–Crippen MR) is 50.8 cm³/mol. The average molecular weight is 239 g/mol. The molecule has 0 aromatic heterocycles. The van der Waals surface area contributed by atoms with Crippen LogP contribution in [-0.2, 0) is 4.79 Å². The molecule has 0 aromatic carbocycles. The average Bonchev–Trinajstić information content (AvgIpc) is 2.22. The van der Waals surface area contributed by atoms with Gasteiger partial charge in [-0.15, -0.1) is 0 Å². The molecule has 8 nitrogen and oxygen atoms in total. The van der Waals surface area contributed by atoms with E-state index in [1.54, 1.807) is 0 Å². The number of hydrogen-bond acceptors (Lipinski definition) is 7. The molecule has 0 bridgehead atoms. The number of carbonyl (C=O) groups excluding carboxylic acids is 1. The Balaban J connectivity index is 4.21. The molecule has 0 heterocycles. The monoisotopic (exact) mass is 239 g/mol. The third kappa shape index (κ3) is 5.35. The minimum absolute atomic E-state index is 0.439. The van der Waals surface area contributed by atoms with Crippen molar-refractivity contribution < 1.29 is 35.4 Å². The van der Waals surface area contributed by atoms with Gasteiger partial charge >= 0.3 is 0 Å². The second-order valence-corrected chi connectivity index (χ2v) is 3.58. The number of aliphatic hydroxyl groups is 6. The van der Waals surface area contributed by atoms with Crippen LogP contribution in [-0.4, -0.2) is 67.9 Å². The third-order valence-electron chi connectivity index (χ3n) is 2.00. The predicted octanol–water partition coefficient (Wildman–Crippen LogP) is -3.77. The van der Waals surface area contributed by atoms with Gasteiger partial charge in [0.15, 0.2) is 0 Å². The van der Waals surface area contributed by atoms with Gasteiger partial charge in [-0.3, -0.25) is 4.79 Å². The fraction of sp³-hybridized carbons (Fsp3) is 0.875. The maximum absolute atomic E-state index is 11.2. The third-order valence-corrected chi connectivity index (χ3v) is 2.00. The Kier molecular flexibility index (Phi) is 5.79. The minimum atomic E-state index is -2.95. The lowest BCUT2D eigenvalue weighted by Crippen LogP contribution is -2.57. The van der Waals surface area contributed by atoms with E-state index in [2.05, 4.69) is 5.32 Å². The highest BCUT2D eigenvalue weighted by molar-refractivity contribution is 5.76. The zero-order valence-electron chi connectivity index (χ0n) is 8.63. The van der Waals surface area contributed by atoms with Crippen LogP contribution >= 0.6 is 0 Å². The lowest BCUT2D eigenvalue weighted by atomic mass is 10.0. The standard InChI is InChI=1S/C8H17NO7/c10-3-7(4-11,5-12)9-6(13)1-2-8(14,15)16/h10-12,14-16H,1-5H2,(H,9,13). The summed E-state index contributed by atoms with van der Waals surface area (Å²) >= 11 is 0. The first-order valence-electron chi connectivity index (χ1n) is 4.59. The van der Waals surface area contributed by atoms with Crippen molar-refractivity contribution in [3.63, 3.8) is 0 Å². The zero-order chi connectivity index (χ0) is 12.8. The highest BCUT2D eigenvalue weighted by atomic mass is 16.7. The maximum Gasteiger partial charge on any atom is 0.275 e. The SMILES string of the molecule is O=C(CCC(O)(O)O)NC(CO)(CO)CO. The molecule has 7 N–H and O–H groups in total. The topological polar surface area (TPSA) is 150 Å². The van der Waals surface area contributed by atoms with E-state index < -0.39 is 50.1 Å². The van der Waals surface area contributed by atoms with Crippen molar-refractivity contribution >= 4 is 5.91 Å². The molecule has 0 saturated carbocycles. The van der Waals surface area contributed by atoms with Crippen molar-refractivity contribution in [3.8, 4) is 0 Å². The Morgan fingerprint density at radius 3 is 1.75 bits per heavy atom. The van der Waals surface area contributed by atoms with Crippen LogP contribution in [0.5, 0.6) is 0 Å². The number of carbonyl (C=O) groups is 1. The van der Waals surface area contributed by atoms with Crippen molar-refractivity contribution in [1.82, 2.24) is 5.32 Å². The van der Waals surface area contributed by atoms with Crippen LogP contribution in [0.3, 0.4) is 0 Å². The molecule has 0 aliphatic heterocycles. The van der Waals surface area contributed by atoms with Gasteiger partial charge in [0.25, 0.3) is 5.97 Å². The van der Waals surface area contributed by atoms with Crippen LogP contribution in [0.1, 0.15) is 12.8 Å². The minimum Gasteiger partial charge on any atom is -0.394 e. The first-order chi connectivity index (χ1) is 7.28. The van der Waals surface area contributed by atoms with Crippen molar-refractivity contribution in [2.45, 2.75) is 24.4 Å². The van der Waals surface area contributed by atoms with Crippen molar-refractivity contribution in [2.75, 3.05) is 19.8 Å². The van der Waals surface area contributed by atoms with Gasteiger partial charge in [-0.2, -0.15) is 0 Å². The van der Waals surface area contributed by atoms with E-state index in [0.29, 0.717) is 0 Å². The summed E-state index contributed by atoms with van der Waals surface area (Å²) in [5.41, 5.74) is -1.56. The van der Waals surface area contributed by atoms with Crippen LogP contribution in [0.25, 0.3) is 0 Å². The molecule has 0 atom stereocenters. The lowest BCUT2D eigenvalue weighted by Gasteiger charge is -2.28. The van der Waals surface area contributed by atoms with E-state index in [4.69, 9.17) is 30.6 Å². The summed E-state index contributed by atoms with van der Waals surface area (Å²) in [4.78, 5) is 11.2. The first kappa shape index (κ1) is 15.2. The number of nitrogens with one attached hydrogen (secondary N) is 1. The van der Waals surface area contributed by atoms with Crippen molar-refractivity contribution in [3.05, 3.63) is 0 Å². The van der Waals surface area contributed by atoms with Gasteiger partial charge in [0.2, 0.25) is 5.91 Å². The van der Waals surface area contributed by atoms with Gasteiger partial charge in [0, 0.05) is 12.8 Å². The van der Waals surface area contributed by atoms with E-state index in [1.165, 1.54) is 0 Å². The first-order valence-corrected chi connectivity index (χ1v) is 4.59. The van der Waals surface area contributed by atoms with Crippen LogP contribution in [0, 0.1) is 0 Å². The molecule has 0 aromatic rings. The maximum atomic E-state index is 11.2.